The van der Waals surface area contributed by atoms with E-state index < -0.39 is 0 Å². The lowest BCUT2D eigenvalue weighted by molar-refractivity contribution is 0.666. The molecule has 0 aromatic carbocycles. The molecule has 1 fully saturated rings. The van der Waals surface area contributed by atoms with Gasteiger partial charge < -0.3 is 11.1 Å². The predicted octanol–water partition coefficient (Wildman–Crippen LogP) is 2.85. The maximum atomic E-state index is 5.95. The number of aromatic nitrogens is 2. The van der Waals surface area contributed by atoms with E-state index in [0.29, 0.717) is 17.8 Å². The maximum Gasteiger partial charge on any atom is 0.136 e. The zero-order valence-electron chi connectivity index (χ0n) is 11.0. The number of nitrogens with zero attached hydrogens (tertiary/aromatic N) is 2. The summed E-state index contributed by atoms with van der Waals surface area (Å²) in [5.74, 6) is 3.00. The van der Waals surface area contributed by atoms with Crippen LogP contribution in [0.25, 0.3) is 0 Å². The number of rotatable bonds is 5. The number of nitrogens with one attached hydrogen (secondary N) is 1. The molecule has 1 aromatic heterocycles. The minimum Gasteiger partial charge on any atom is -0.383 e. The lowest BCUT2D eigenvalue weighted by Crippen LogP contribution is -2.20. The molecule has 0 saturated heterocycles. The van der Waals surface area contributed by atoms with Gasteiger partial charge in [-0.3, -0.25) is 0 Å². The summed E-state index contributed by atoms with van der Waals surface area (Å²) in [7, 11) is 0. The Morgan fingerprint density at radius 1 is 1.29 bits per heavy atom. The Balaban J connectivity index is 2.24. The van der Waals surface area contributed by atoms with Gasteiger partial charge in [0.25, 0.3) is 0 Å². The zero-order valence-corrected chi connectivity index (χ0v) is 11.0. The van der Waals surface area contributed by atoms with Crippen molar-refractivity contribution in [3.8, 4) is 0 Å². The average molecular weight is 234 g/mol. The molecule has 0 unspecified atom stereocenters. The summed E-state index contributed by atoms with van der Waals surface area (Å²) in [6.07, 6.45) is 4.59. The minimum atomic E-state index is 0.468. The van der Waals surface area contributed by atoms with Gasteiger partial charge in [0, 0.05) is 17.5 Å². The van der Waals surface area contributed by atoms with Crippen LogP contribution < -0.4 is 11.1 Å². The molecule has 1 saturated carbocycles. The van der Waals surface area contributed by atoms with Crippen molar-refractivity contribution in [2.75, 3.05) is 11.1 Å². The van der Waals surface area contributed by atoms with E-state index in [0.717, 1.165) is 30.0 Å². The van der Waals surface area contributed by atoms with Gasteiger partial charge >= 0.3 is 0 Å². The Bertz CT molecular complexity index is 395. The number of nitrogen functional groups attached to an aromatic ring is 1. The molecule has 0 amide bonds. The molecule has 4 heteroatoms. The van der Waals surface area contributed by atoms with Gasteiger partial charge in [-0.2, -0.15) is 0 Å². The third-order valence-electron chi connectivity index (χ3n) is 3.47. The highest BCUT2D eigenvalue weighted by Crippen LogP contribution is 2.39. The predicted molar refractivity (Wildman–Crippen MR) is 71.1 cm³/mol. The van der Waals surface area contributed by atoms with Crippen LogP contribution in [0.4, 0.5) is 11.6 Å². The largest absolute Gasteiger partial charge is 0.383 e. The number of hydrogen-bond acceptors (Lipinski definition) is 4. The molecular formula is C13H22N4. The van der Waals surface area contributed by atoms with Crippen LogP contribution in [0, 0.1) is 6.92 Å². The number of nitrogens with two attached hydrogens (primary N) is 1. The molecule has 4 nitrogen and oxygen atoms in total. The molecule has 1 aliphatic rings. The second-order valence-corrected chi connectivity index (χ2v) is 4.87. The van der Waals surface area contributed by atoms with Crippen molar-refractivity contribution in [2.24, 2.45) is 0 Å². The van der Waals surface area contributed by atoms with Gasteiger partial charge in [0.2, 0.25) is 0 Å². The molecule has 0 radical (unpaired) electrons. The summed E-state index contributed by atoms with van der Waals surface area (Å²) >= 11 is 0. The van der Waals surface area contributed by atoms with Crippen molar-refractivity contribution in [3.05, 3.63) is 11.4 Å². The van der Waals surface area contributed by atoms with Gasteiger partial charge in [-0.25, -0.2) is 9.97 Å². The highest BCUT2D eigenvalue weighted by Gasteiger charge is 2.28. The van der Waals surface area contributed by atoms with Crippen LogP contribution in [0.1, 0.15) is 56.8 Å². The molecule has 3 N–H and O–H groups in total. The van der Waals surface area contributed by atoms with E-state index in [1.165, 1.54) is 12.8 Å². The highest BCUT2D eigenvalue weighted by atomic mass is 15.1. The van der Waals surface area contributed by atoms with E-state index in [4.69, 9.17) is 5.73 Å². The Morgan fingerprint density at radius 3 is 2.47 bits per heavy atom. The monoisotopic (exact) mass is 234 g/mol. The lowest BCUT2D eigenvalue weighted by atomic mass is 10.1. The topological polar surface area (TPSA) is 63.8 Å². The van der Waals surface area contributed by atoms with E-state index in [9.17, 15) is 0 Å². The van der Waals surface area contributed by atoms with Gasteiger partial charge in [-0.1, -0.05) is 13.8 Å². The second kappa shape index (κ2) is 4.90. The number of hydrogen-bond donors (Lipinski definition) is 2. The Kier molecular flexibility index (Phi) is 3.50. The highest BCUT2D eigenvalue weighted by molar-refractivity contribution is 5.55. The molecule has 1 aliphatic carbocycles. The van der Waals surface area contributed by atoms with Gasteiger partial charge in [0.15, 0.2) is 0 Å². The summed E-state index contributed by atoms with van der Waals surface area (Å²) in [6, 6.07) is 0.468. The van der Waals surface area contributed by atoms with E-state index in [1.807, 2.05) is 6.92 Å². The smallest absolute Gasteiger partial charge is 0.136 e. The van der Waals surface area contributed by atoms with Crippen molar-refractivity contribution in [2.45, 2.75) is 58.4 Å². The van der Waals surface area contributed by atoms with Gasteiger partial charge in [0.1, 0.15) is 17.5 Å². The third-order valence-corrected chi connectivity index (χ3v) is 3.47. The van der Waals surface area contributed by atoms with Crippen LogP contribution in [-0.4, -0.2) is 16.0 Å². The second-order valence-electron chi connectivity index (χ2n) is 4.87. The quantitative estimate of drug-likeness (QED) is 0.822. The van der Waals surface area contributed by atoms with Crippen LogP contribution >= 0.6 is 0 Å². The third kappa shape index (κ3) is 2.68. The maximum absolute atomic E-state index is 5.95. The molecule has 2 rings (SSSR count). The fourth-order valence-corrected chi connectivity index (χ4v) is 1.90. The van der Waals surface area contributed by atoms with Crippen LogP contribution in [0.3, 0.4) is 0 Å². The standard InChI is InChI=1S/C13H22N4/c1-4-10(5-2)15-12-8(3)11(14)16-13(17-12)9-6-7-9/h9-10H,4-7H2,1-3H3,(H3,14,15,16,17). The van der Waals surface area contributed by atoms with Crippen molar-refractivity contribution in [1.29, 1.82) is 0 Å². The van der Waals surface area contributed by atoms with Crippen molar-refractivity contribution < 1.29 is 0 Å². The summed E-state index contributed by atoms with van der Waals surface area (Å²) in [5, 5.41) is 3.48. The van der Waals surface area contributed by atoms with E-state index >= 15 is 0 Å². The van der Waals surface area contributed by atoms with E-state index in [-0.39, 0.29) is 0 Å². The van der Waals surface area contributed by atoms with Gasteiger partial charge in [-0.15, -0.1) is 0 Å². The molecule has 0 spiro atoms. The zero-order chi connectivity index (χ0) is 12.4. The minimum absolute atomic E-state index is 0.468. The summed E-state index contributed by atoms with van der Waals surface area (Å²) in [5.41, 5.74) is 6.93. The SMILES string of the molecule is CCC(CC)Nc1nc(C2CC2)nc(N)c1C. The van der Waals surface area contributed by atoms with Crippen LogP contribution in [0.2, 0.25) is 0 Å². The van der Waals surface area contributed by atoms with Gasteiger partial charge in [-0.05, 0) is 32.6 Å². The van der Waals surface area contributed by atoms with Crippen LogP contribution in [0.5, 0.6) is 0 Å². The first kappa shape index (κ1) is 12.1. The van der Waals surface area contributed by atoms with Crippen molar-refractivity contribution in [1.82, 2.24) is 9.97 Å². The fraction of sp³-hybridized carbons (Fsp3) is 0.692. The van der Waals surface area contributed by atoms with E-state index in [2.05, 4.69) is 29.1 Å². The fourth-order valence-electron chi connectivity index (χ4n) is 1.90. The summed E-state index contributed by atoms with van der Waals surface area (Å²) < 4.78 is 0. The summed E-state index contributed by atoms with van der Waals surface area (Å²) in [6.45, 7) is 6.35. The molecule has 17 heavy (non-hydrogen) atoms. The Labute approximate surface area is 103 Å². The first-order valence-electron chi connectivity index (χ1n) is 6.56. The van der Waals surface area contributed by atoms with Crippen LogP contribution in [-0.2, 0) is 0 Å². The summed E-state index contributed by atoms with van der Waals surface area (Å²) in [4.78, 5) is 9.01. The number of anilines is 2. The molecule has 1 aromatic rings. The van der Waals surface area contributed by atoms with Crippen molar-refractivity contribution >= 4 is 11.6 Å². The first-order valence-corrected chi connectivity index (χ1v) is 6.56. The first-order chi connectivity index (χ1) is 8.15. The molecule has 0 aliphatic heterocycles. The molecule has 1 heterocycles. The van der Waals surface area contributed by atoms with Crippen molar-refractivity contribution in [3.63, 3.8) is 0 Å². The molecule has 0 bridgehead atoms. The molecule has 94 valence electrons. The molecular weight excluding hydrogens is 212 g/mol. The lowest BCUT2D eigenvalue weighted by Gasteiger charge is -2.18. The Hall–Kier alpha value is -1.32. The molecule has 0 atom stereocenters. The van der Waals surface area contributed by atoms with Gasteiger partial charge in [0.05, 0.1) is 0 Å². The Morgan fingerprint density at radius 2 is 1.94 bits per heavy atom. The van der Waals surface area contributed by atoms with Crippen LogP contribution in [0.15, 0.2) is 0 Å². The van der Waals surface area contributed by atoms with E-state index in [1.54, 1.807) is 0 Å². The normalized spacial score (nSPS) is 15.3. The average Bonchev–Trinajstić information content (AvgIpc) is 3.15.